The molecular formula is C21H28O6. The first-order valence-electron chi connectivity index (χ1n) is 9.47. The number of cyclic esters (lactones) is 2. The minimum absolute atomic E-state index is 0.151. The van der Waals surface area contributed by atoms with E-state index in [4.69, 9.17) is 9.47 Å². The van der Waals surface area contributed by atoms with Crippen molar-refractivity contribution in [2.75, 3.05) is 0 Å². The van der Waals surface area contributed by atoms with E-state index in [0.29, 0.717) is 5.57 Å². The molecule has 5 unspecified atom stereocenters. The zero-order chi connectivity index (χ0) is 20.5. The zero-order valence-electron chi connectivity index (χ0n) is 16.9. The van der Waals surface area contributed by atoms with Gasteiger partial charge in [-0.05, 0) is 40.5 Å². The molecule has 3 aliphatic rings. The van der Waals surface area contributed by atoms with Crippen molar-refractivity contribution in [1.29, 1.82) is 0 Å². The lowest BCUT2D eigenvalue weighted by Gasteiger charge is -2.41. The van der Waals surface area contributed by atoms with Crippen LogP contribution in [0.2, 0.25) is 0 Å². The van der Waals surface area contributed by atoms with Gasteiger partial charge in [0, 0.05) is 17.8 Å². The lowest BCUT2D eigenvalue weighted by atomic mass is 9.68. The fourth-order valence-corrected chi connectivity index (χ4v) is 5.14. The maximum atomic E-state index is 13.5. The number of carbonyl (C=O) groups excluding carboxylic acids is 4. The summed E-state index contributed by atoms with van der Waals surface area (Å²) in [4.78, 5) is 51.6. The highest BCUT2D eigenvalue weighted by atomic mass is 16.6. The van der Waals surface area contributed by atoms with Crippen molar-refractivity contribution in [2.24, 2.45) is 28.6 Å². The molecule has 0 aromatic rings. The SMILES string of the molecule is C=C(C)C1CC2(CC3C(C)(C)OC(=O)C3(C)C2=O)C(=O)OC1C(=O)C(C)C. The summed E-state index contributed by atoms with van der Waals surface area (Å²) in [7, 11) is 0. The van der Waals surface area contributed by atoms with Crippen molar-refractivity contribution >= 4 is 23.5 Å². The van der Waals surface area contributed by atoms with Crippen LogP contribution in [0.3, 0.4) is 0 Å². The molecule has 0 aromatic heterocycles. The Morgan fingerprint density at radius 3 is 2.19 bits per heavy atom. The number of carbonyl (C=O) groups is 4. The second kappa shape index (κ2) is 5.76. The smallest absolute Gasteiger partial charge is 0.320 e. The van der Waals surface area contributed by atoms with Gasteiger partial charge >= 0.3 is 11.9 Å². The van der Waals surface area contributed by atoms with Crippen LogP contribution in [0.1, 0.15) is 54.4 Å². The van der Waals surface area contributed by atoms with E-state index < -0.39 is 52.1 Å². The topological polar surface area (TPSA) is 86.7 Å². The Hall–Kier alpha value is -1.98. The maximum Gasteiger partial charge on any atom is 0.320 e. The Bertz CT molecular complexity index is 763. The first-order valence-corrected chi connectivity index (χ1v) is 9.47. The van der Waals surface area contributed by atoms with Crippen molar-refractivity contribution in [1.82, 2.24) is 0 Å². The van der Waals surface area contributed by atoms with E-state index in [9.17, 15) is 19.2 Å². The van der Waals surface area contributed by atoms with Crippen LogP contribution in [-0.2, 0) is 28.7 Å². The lowest BCUT2D eigenvalue weighted by molar-refractivity contribution is -0.183. The second-order valence-corrected chi connectivity index (χ2v) is 9.40. The van der Waals surface area contributed by atoms with Crippen molar-refractivity contribution in [2.45, 2.75) is 66.1 Å². The first-order chi connectivity index (χ1) is 12.3. The number of Topliss-reactive ketones (excluding diaryl/α,β-unsaturated/α-hetero) is 2. The number of ether oxygens (including phenoxy) is 2. The molecule has 2 heterocycles. The molecule has 0 amide bonds. The van der Waals surface area contributed by atoms with Crippen molar-refractivity contribution in [3.05, 3.63) is 12.2 Å². The summed E-state index contributed by atoms with van der Waals surface area (Å²) in [5, 5.41) is 0. The molecule has 1 saturated carbocycles. The van der Waals surface area contributed by atoms with E-state index in [2.05, 4.69) is 6.58 Å². The molecule has 0 radical (unpaired) electrons. The van der Waals surface area contributed by atoms with Gasteiger partial charge in [-0.2, -0.15) is 0 Å². The van der Waals surface area contributed by atoms with Gasteiger partial charge in [-0.15, -0.1) is 0 Å². The molecule has 0 bridgehead atoms. The molecule has 148 valence electrons. The van der Waals surface area contributed by atoms with E-state index in [1.54, 1.807) is 41.5 Å². The number of rotatable bonds is 3. The molecule has 0 aromatic carbocycles. The van der Waals surface area contributed by atoms with E-state index in [1.165, 1.54) is 0 Å². The molecule has 6 heteroatoms. The van der Waals surface area contributed by atoms with Gasteiger partial charge in [0.15, 0.2) is 17.7 Å². The average molecular weight is 376 g/mol. The van der Waals surface area contributed by atoms with Gasteiger partial charge in [-0.3, -0.25) is 19.2 Å². The van der Waals surface area contributed by atoms with Crippen LogP contribution in [0.4, 0.5) is 0 Å². The van der Waals surface area contributed by atoms with E-state index >= 15 is 0 Å². The Morgan fingerprint density at radius 1 is 1.11 bits per heavy atom. The van der Waals surface area contributed by atoms with Gasteiger partial charge in [0.05, 0.1) is 0 Å². The third-order valence-electron chi connectivity index (χ3n) is 6.82. The van der Waals surface area contributed by atoms with E-state index in [0.717, 1.165) is 0 Å². The highest BCUT2D eigenvalue weighted by Crippen LogP contribution is 2.63. The molecule has 3 fully saturated rings. The highest BCUT2D eigenvalue weighted by Gasteiger charge is 2.75. The number of hydrogen-bond donors (Lipinski definition) is 0. The quantitative estimate of drug-likeness (QED) is 0.427. The number of fused-ring (bicyclic) bond motifs is 1. The summed E-state index contributed by atoms with van der Waals surface area (Å²) in [6.07, 6.45) is -0.591. The fourth-order valence-electron chi connectivity index (χ4n) is 5.14. The summed E-state index contributed by atoms with van der Waals surface area (Å²) in [6.45, 7) is 14.3. The van der Waals surface area contributed by atoms with Crippen LogP contribution in [0.5, 0.6) is 0 Å². The van der Waals surface area contributed by atoms with Crippen molar-refractivity contribution in [3.8, 4) is 0 Å². The van der Waals surface area contributed by atoms with Crippen LogP contribution in [0.25, 0.3) is 0 Å². The van der Waals surface area contributed by atoms with Gasteiger partial charge in [-0.1, -0.05) is 26.0 Å². The van der Waals surface area contributed by atoms with Crippen molar-refractivity contribution < 1.29 is 28.7 Å². The number of esters is 2. The number of hydrogen-bond acceptors (Lipinski definition) is 6. The van der Waals surface area contributed by atoms with E-state index in [1.807, 2.05) is 0 Å². The predicted octanol–water partition coefficient (Wildman–Crippen LogP) is 2.64. The molecule has 1 aliphatic carbocycles. The van der Waals surface area contributed by atoms with Gasteiger partial charge in [0.1, 0.15) is 16.4 Å². The molecular weight excluding hydrogens is 348 g/mol. The summed E-state index contributed by atoms with van der Waals surface area (Å²) >= 11 is 0. The molecule has 27 heavy (non-hydrogen) atoms. The standard InChI is InChI=1S/C21H28O6/c1-10(2)12-8-21(18(25)26-15(12)14(22)11(3)4)9-13-19(5,6)27-17(24)20(13,7)16(21)23/h11-13,15H,1,8-9H2,2-7H3. The summed E-state index contributed by atoms with van der Waals surface area (Å²) in [6, 6.07) is 0. The number of ketones is 2. The largest absolute Gasteiger partial charge is 0.459 e. The average Bonchev–Trinajstić information content (AvgIpc) is 2.89. The molecule has 6 nitrogen and oxygen atoms in total. The molecule has 2 saturated heterocycles. The maximum absolute atomic E-state index is 13.5. The van der Waals surface area contributed by atoms with Gasteiger partial charge in [0.25, 0.3) is 0 Å². The van der Waals surface area contributed by atoms with Crippen LogP contribution >= 0.6 is 0 Å². The van der Waals surface area contributed by atoms with Crippen LogP contribution in [0.15, 0.2) is 12.2 Å². The van der Waals surface area contributed by atoms with Crippen molar-refractivity contribution in [3.63, 3.8) is 0 Å². The summed E-state index contributed by atoms with van der Waals surface area (Å²) in [5.41, 5.74) is -2.93. The molecule has 2 aliphatic heterocycles. The monoisotopic (exact) mass is 376 g/mol. The molecule has 3 rings (SSSR count). The van der Waals surface area contributed by atoms with Crippen LogP contribution in [0, 0.1) is 28.6 Å². The molecule has 5 atom stereocenters. The Morgan fingerprint density at radius 2 is 1.70 bits per heavy atom. The predicted molar refractivity (Wildman–Crippen MR) is 96.5 cm³/mol. The van der Waals surface area contributed by atoms with Gasteiger partial charge in [0.2, 0.25) is 0 Å². The Balaban J connectivity index is 2.04. The zero-order valence-corrected chi connectivity index (χ0v) is 16.9. The minimum Gasteiger partial charge on any atom is -0.459 e. The lowest BCUT2D eigenvalue weighted by Crippen LogP contribution is -2.54. The Kier molecular flexibility index (Phi) is 4.22. The normalized spacial score (nSPS) is 40.1. The summed E-state index contributed by atoms with van der Waals surface area (Å²) < 4.78 is 11.0. The third kappa shape index (κ3) is 2.44. The second-order valence-electron chi connectivity index (χ2n) is 9.40. The van der Waals surface area contributed by atoms with E-state index in [-0.39, 0.29) is 24.5 Å². The fraction of sp³-hybridized carbons (Fsp3) is 0.714. The Labute approximate surface area is 159 Å². The molecule has 1 spiro atoms. The summed E-state index contributed by atoms with van der Waals surface area (Å²) in [5.74, 6) is -3.06. The van der Waals surface area contributed by atoms with Gasteiger partial charge < -0.3 is 9.47 Å². The molecule has 0 N–H and O–H groups in total. The minimum atomic E-state index is -1.42. The van der Waals surface area contributed by atoms with Crippen LogP contribution < -0.4 is 0 Å². The third-order valence-corrected chi connectivity index (χ3v) is 6.82. The highest BCUT2D eigenvalue weighted by molar-refractivity contribution is 6.18. The van der Waals surface area contributed by atoms with Crippen LogP contribution in [-0.4, -0.2) is 35.2 Å². The first kappa shape index (κ1) is 19.8. The van der Waals surface area contributed by atoms with Gasteiger partial charge in [-0.25, -0.2) is 0 Å².